The second-order valence-electron chi connectivity index (χ2n) is 8.53. The van der Waals surface area contributed by atoms with Crippen molar-refractivity contribution in [2.75, 3.05) is 13.3 Å². The first-order chi connectivity index (χ1) is 15.6. The molecule has 3 aromatic rings. The Morgan fingerprint density at radius 1 is 0.424 bits per heavy atom. The summed E-state index contributed by atoms with van der Waals surface area (Å²) in [6, 6.07) is 19.1. The van der Waals surface area contributed by atoms with Gasteiger partial charge in [0.05, 0.1) is 0 Å². The predicted octanol–water partition coefficient (Wildman–Crippen LogP) is 9.96. The molecule has 0 aromatic heterocycles. The van der Waals surface area contributed by atoms with Crippen molar-refractivity contribution in [3.63, 3.8) is 0 Å². The molecule has 0 aliphatic carbocycles. The first-order valence-corrected chi connectivity index (χ1v) is 18.0. The van der Waals surface area contributed by atoms with Gasteiger partial charge >= 0.3 is 22.7 Å². The number of nitrogens with zero attached hydrogens (tertiary/aromatic N) is 3. The lowest BCUT2D eigenvalue weighted by Crippen LogP contribution is -2.33. The molecule has 9 heteroatoms. The van der Waals surface area contributed by atoms with Gasteiger partial charge in [-0.15, -0.1) is 0 Å². The van der Waals surface area contributed by atoms with E-state index in [0.717, 1.165) is 17.1 Å². The average Bonchev–Trinajstić information content (AvgIpc) is 2.74. The number of hydrogen-bond donors (Lipinski definition) is 0. The SMILES string of the molecule is Cc1cccc(C)c1N1[PH+](Cl)N(c2c(C)cccc2C)[PH+](Cl)N(c2c(C)cccc2C)[PH+]1Cl. The summed E-state index contributed by atoms with van der Waals surface area (Å²) in [4.78, 5) is 0. The second-order valence-corrected chi connectivity index (χ2v) is 17.2. The molecule has 0 unspecified atom stereocenters. The van der Waals surface area contributed by atoms with Crippen molar-refractivity contribution in [2.45, 2.75) is 41.5 Å². The fraction of sp³-hybridized carbons (Fsp3) is 0.250. The molecule has 3 nitrogen and oxygen atoms in total. The van der Waals surface area contributed by atoms with Gasteiger partial charge in [0.2, 0.25) is 0 Å². The van der Waals surface area contributed by atoms with Crippen molar-refractivity contribution in [3.8, 4) is 0 Å². The summed E-state index contributed by atoms with van der Waals surface area (Å²) in [6.07, 6.45) is 0. The highest BCUT2D eigenvalue weighted by Gasteiger charge is 2.65. The van der Waals surface area contributed by atoms with Crippen LogP contribution in [0.15, 0.2) is 54.6 Å². The van der Waals surface area contributed by atoms with Crippen LogP contribution in [0.1, 0.15) is 33.4 Å². The first kappa shape index (κ1) is 25.3. The van der Waals surface area contributed by atoms with E-state index in [9.17, 15) is 0 Å². The van der Waals surface area contributed by atoms with Gasteiger partial charge in [-0.2, -0.15) is 0 Å². The topological polar surface area (TPSA) is 9.72 Å². The van der Waals surface area contributed by atoms with Crippen LogP contribution < -0.4 is 13.3 Å². The molecule has 0 N–H and O–H groups in total. The fourth-order valence-electron chi connectivity index (χ4n) is 4.56. The number of hydrogen-bond acceptors (Lipinski definition) is 3. The molecule has 4 rings (SSSR count). The van der Waals surface area contributed by atoms with Gasteiger partial charge in [0.25, 0.3) is 0 Å². The Labute approximate surface area is 215 Å². The molecule has 33 heavy (non-hydrogen) atoms. The molecule has 3 aromatic carbocycles. The van der Waals surface area contributed by atoms with E-state index in [1.54, 1.807) is 0 Å². The summed E-state index contributed by atoms with van der Waals surface area (Å²) in [5.41, 5.74) is 10.4. The number of rotatable bonds is 3. The van der Waals surface area contributed by atoms with Crippen LogP contribution >= 0.6 is 56.4 Å². The average molecular weight is 560 g/mol. The van der Waals surface area contributed by atoms with Gasteiger partial charge in [0.15, 0.2) is 0 Å². The molecular weight excluding hydrogens is 530 g/mol. The van der Waals surface area contributed by atoms with Crippen molar-refractivity contribution >= 4 is 73.5 Å². The lowest BCUT2D eigenvalue weighted by Gasteiger charge is -2.37. The Kier molecular flexibility index (Phi) is 7.72. The van der Waals surface area contributed by atoms with Gasteiger partial charge in [-0.05, 0) is 74.9 Å². The molecule has 0 radical (unpaired) electrons. The van der Waals surface area contributed by atoms with Crippen LogP contribution in [0.2, 0.25) is 0 Å². The van der Waals surface area contributed by atoms with E-state index in [4.69, 9.17) is 33.7 Å². The number of anilines is 3. The van der Waals surface area contributed by atoms with Crippen molar-refractivity contribution in [2.24, 2.45) is 0 Å². The molecule has 0 bridgehead atoms. The van der Waals surface area contributed by atoms with Gasteiger partial charge in [-0.25, -0.2) is 0 Å². The monoisotopic (exact) mass is 558 g/mol. The summed E-state index contributed by atoms with van der Waals surface area (Å²) in [7, 11) is -5.40. The molecule has 0 spiro atoms. The number of benzene rings is 3. The van der Waals surface area contributed by atoms with Crippen LogP contribution in [-0.2, 0) is 0 Å². The Bertz CT molecular complexity index is 974. The molecule has 1 aliphatic rings. The molecule has 1 fully saturated rings. The lowest BCUT2D eigenvalue weighted by atomic mass is 10.1. The van der Waals surface area contributed by atoms with Crippen molar-refractivity contribution < 1.29 is 0 Å². The Balaban J connectivity index is 1.99. The highest BCUT2D eigenvalue weighted by molar-refractivity contribution is 8.15. The van der Waals surface area contributed by atoms with E-state index in [1.165, 1.54) is 33.4 Å². The summed E-state index contributed by atoms with van der Waals surface area (Å²) in [5, 5.41) is 0. The zero-order valence-electron chi connectivity index (χ0n) is 19.7. The molecule has 1 aliphatic heterocycles. The molecule has 1 saturated heterocycles. The summed E-state index contributed by atoms with van der Waals surface area (Å²) in [5.74, 6) is 0. The van der Waals surface area contributed by atoms with Gasteiger partial charge in [0, 0.05) is 0 Å². The highest BCUT2D eigenvalue weighted by atomic mass is 35.7. The maximum absolute atomic E-state index is 7.44. The summed E-state index contributed by atoms with van der Waals surface area (Å²) in [6.45, 7) is 12.8. The van der Waals surface area contributed by atoms with E-state index < -0.39 is 22.7 Å². The molecule has 174 valence electrons. The van der Waals surface area contributed by atoms with Gasteiger partial charge in [-0.3, -0.25) is 0 Å². The standard InChI is InChI=1S/C24H27Cl3N3P3/c1-16-10-7-11-17(2)22(16)28-31(25)29(23-18(3)12-8-13-19(23)4)33(27)30(32(28)26)24-20(5)14-9-15-21(24)6/h7-15H,1-6H3/p+3. The minimum atomic E-state index is -1.80. The van der Waals surface area contributed by atoms with E-state index in [1.807, 2.05) is 0 Å². The van der Waals surface area contributed by atoms with Crippen molar-refractivity contribution in [1.82, 2.24) is 0 Å². The Morgan fingerprint density at radius 3 is 0.788 bits per heavy atom. The molecule has 0 atom stereocenters. The third-order valence-electron chi connectivity index (χ3n) is 6.10. The maximum Gasteiger partial charge on any atom is 0.364 e. The smallest absolute Gasteiger partial charge is 0.0616 e. The lowest BCUT2D eigenvalue weighted by molar-refractivity contribution is 1.29. The van der Waals surface area contributed by atoms with Crippen molar-refractivity contribution in [1.29, 1.82) is 0 Å². The van der Waals surface area contributed by atoms with Gasteiger partial charge < -0.3 is 0 Å². The molecule has 0 amide bonds. The highest BCUT2D eigenvalue weighted by Crippen LogP contribution is 2.84. The first-order valence-electron chi connectivity index (χ1n) is 10.8. The fourth-order valence-corrected chi connectivity index (χ4v) is 19.9. The maximum atomic E-state index is 7.44. The third kappa shape index (κ3) is 4.47. The van der Waals surface area contributed by atoms with E-state index in [-0.39, 0.29) is 0 Å². The summed E-state index contributed by atoms with van der Waals surface area (Å²) < 4.78 is 6.91. The predicted molar refractivity (Wildman–Crippen MR) is 158 cm³/mol. The Hall–Kier alpha value is -0.780. The van der Waals surface area contributed by atoms with Gasteiger partial charge in [0.1, 0.15) is 50.8 Å². The number of aryl methyl sites for hydroxylation is 6. The largest absolute Gasteiger partial charge is 0.364 e. The zero-order valence-corrected chi connectivity index (χ0v) is 24.9. The van der Waals surface area contributed by atoms with E-state index in [0.29, 0.717) is 0 Å². The van der Waals surface area contributed by atoms with E-state index >= 15 is 0 Å². The molecule has 1 heterocycles. The quantitative estimate of drug-likeness (QED) is 0.296. The van der Waals surface area contributed by atoms with Crippen LogP contribution in [0.4, 0.5) is 17.1 Å². The van der Waals surface area contributed by atoms with Crippen LogP contribution in [-0.4, -0.2) is 0 Å². The normalized spacial score (nSPS) is 21.0. The Morgan fingerprint density at radius 2 is 0.606 bits per heavy atom. The summed E-state index contributed by atoms with van der Waals surface area (Å²) >= 11 is 22.3. The minimum absolute atomic E-state index is 1.13. The molecule has 0 saturated carbocycles. The number of para-hydroxylation sites is 3. The van der Waals surface area contributed by atoms with Gasteiger partial charge in [-0.1, -0.05) is 67.9 Å². The minimum Gasteiger partial charge on any atom is -0.0616 e. The third-order valence-corrected chi connectivity index (χ3v) is 19.1. The zero-order chi connectivity index (χ0) is 24.0. The van der Waals surface area contributed by atoms with Crippen molar-refractivity contribution in [3.05, 3.63) is 88.0 Å². The van der Waals surface area contributed by atoms with E-state index in [2.05, 4.69) is 109 Å². The van der Waals surface area contributed by atoms with Crippen LogP contribution in [0.3, 0.4) is 0 Å². The molecular formula is C24H30Cl3N3P3+3. The number of halogens is 3. The van der Waals surface area contributed by atoms with Crippen LogP contribution in [0.25, 0.3) is 0 Å². The van der Waals surface area contributed by atoms with Crippen LogP contribution in [0.5, 0.6) is 0 Å². The second kappa shape index (κ2) is 10.1. The van der Waals surface area contributed by atoms with Crippen LogP contribution in [0, 0.1) is 41.5 Å².